The highest BCUT2D eigenvalue weighted by molar-refractivity contribution is 5.94. The first-order valence-corrected chi connectivity index (χ1v) is 6.08. The molecule has 1 atom stereocenters. The van der Waals surface area contributed by atoms with E-state index < -0.39 is 12.0 Å². The smallest absolute Gasteiger partial charge is 0.326 e. The quantitative estimate of drug-likeness (QED) is 0.808. The third kappa shape index (κ3) is 3.13. The number of phenols is 1. The minimum atomic E-state index is -0.955. The summed E-state index contributed by atoms with van der Waals surface area (Å²) in [7, 11) is 0. The Morgan fingerprint density at radius 3 is 2.58 bits per heavy atom. The van der Waals surface area contributed by atoms with Gasteiger partial charge in [0, 0.05) is 12.6 Å². The van der Waals surface area contributed by atoms with Crippen molar-refractivity contribution < 1.29 is 19.8 Å². The van der Waals surface area contributed by atoms with Crippen LogP contribution >= 0.6 is 0 Å². The van der Waals surface area contributed by atoms with Gasteiger partial charge in [-0.1, -0.05) is 12.1 Å². The summed E-state index contributed by atoms with van der Waals surface area (Å²) in [6.07, 6.45) is 4.20. The Labute approximate surface area is 110 Å². The fourth-order valence-corrected chi connectivity index (χ4v) is 2.14. The van der Waals surface area contributed by atoms with Crippen LogP contribution in [-0.2, 0) is 9.59 Å². The lowest BCUT2D eigenvalue weighted by atomic mass is 10.2. The van der Waals surface area contributed by atoms with E-state index in [0.29, 0.717) is 13.0 Å². The number of carboxylic acids is 1. The van der Waals surface area contributed by atoms with Gasteiger partial charge in [0.1, 0.15) is 11.8 Å². The second-order valence-electron chi connectivity index (χ2n) is 4.45. The van der Waals surface area contributed by atoms with Crippen molar-refractivity contribution in [1.29, 1.82) is 0 Å². The molecule has 1 saturated heterocycles. The van der Waals surface area contributed by atoms with Crippen LogP contribution in [0.25, 0.3) is 6.08 Å². The summed E-state index contributed by atoms with van der Waals surface area (Å²) < 4.78 is 0. The van der Waals surface area contributed by atoms with Gasteiger partial charge in [0.05, 0.1) is 0 Å². The normalized spacial score (nSPS) is 18.9. The molecule has 0 aromatic heterocycles. The lowest BCUT2D eigenvalue weighted by Gasteiger charge is -2.19. The highest BCUT2D eigenvalue weighted by atomic mass is 16.4. The molecule has 19 heavy (non-hydrogen) atoms. The molecule has 1 aromatic rings. The molecular weight excluding hydrogens is 246 g/mol. The molecule has 0 radical (unpaired) electrons. The van der Waals surface area contributed by atoms with Crippen LogP contribution in [0.4, 0.5) is 0 Å². The topological polar surface area (TPSA) is 77.8 Å². The largest absolute Gasteiger partial charge is 0.508 e. The average Bonchev–Trinajstić information content (AvgIpc) is 2.87. The van der Waals surface area contributed by atoms with Crippen LogP contribution in [0, 0.1) is 0 Å². The minimum absolute atomic E-state index is 0.161. The molecule has 0 unspecified atom stereocenters. The van der Waals surface area contributed by atoms with E-state index >= 15 is 0 Å². The number of carbonyl (C=O) groups is 2. The molecule has 100 valence electrons. The summed E-state index contributed by atoms with van der Waals surface area (Å²) >= 11 is 0. The zero-order valence-corrected chi connectivity index (χ0v) is 10.3. The Morgan fingerprint density at radius 1 is 1.26 bits per heavy atom. The van der Waals surface area contributed by atoms with Gasteiger partial charge in [0.2, 0.25) is 5.91 Å². The van der Waals surface area contributed by atoms with Gasteiger partial charge in [-0.25, -0.2) is 4.79 Å². The number of phenolic OH excluding ortho intramolecular Hbond substituents is 1. The molecule has 0 spiro atoms. The van der Waals surface area contributed by atoms with E-state index in [1.54, 1.807) is 18.2 Å². The number of nitrogens with zero attached hydrogens (tertiary/aromatic N) is 1. The molecule has 1 aliphatic rings. The molecule has 2 N–H and O–H groups in total. The van der Waals surface area contributed by atoms with E-state index in [9.17, 15) is 9.59 Å². The van der Waals surface area contributed by atoms with Crippen molar-refractivity contribution in [1.82, 2.24) is 4.90 Å². The van der Waals surface area contributed by atoms with E-state index in [1.807, 2.05) is 0 Å². The molecule has 5 nitrogen and oxygen atoms in total. The third-order valence-corrected chi connectivity index (χ3v) is 3.13. The van der Waals surface area contributed by atoms with Gasteiger partial charge in [-0.2, -0.15) is 0 Å². The van der Waals surface area contributed by atoms with E-state index in [-0.39, 0.29) is 11.7 Å². The number of hydrogen-bond donors (Lipinski definition) is 2. The fraction of sp³-hybridized carbons (Fsp3) is 0.286. The average molecular weight is 261 g/mol. The summed E-state index contributed by atoms with van der Waals surface area (Å²) in [6.45, 7) is 0.482. The molecular formula is C14H15NO4. The van der Waals surface area contributed by atoms with Crippen molar-refractivity contribution in [2.24, 2.45) is 0 Å². The maximum atomic E-state index is 11.9. The first-order chi connectivity index (χ1) is 9.08. The molecule has 1 heterocycles. The standard InChI is InChI=1S/C14H15NO4/c16-11-6-3-10(4-7-11)5-8-13(17)15-9-1-2-12(15)14(18)19/h3-8,12,16H,1-2,9H2,(H,18,19)/b8-5+/t12-/m0/s1. The number of carboxylic acid groups (broad SMARTS) is 1. The van der Waals surface area contributed by atoms with Gasteiger partial charge in [-0.3, -0.25) is 4.79 Å². The van der Waals surface area contributed by atoms with Crippen molar-refractivity contribution in [2.75, 3.05) is 6.54 Å². The summed E-state index contributed by atoms with van der Waals surface area (Å²) in [4.78, 5) is 24.3. The predicted molar refractivity (Wildman–Crippen MR) is 69.5 cm³/mol. The van der Waals surface area contributed by atoms with Crippen molar-refractivity contribution in [3.63, 3.8) is 0 Å². The van der Waals surface area contributed by atoms with Gasteiger partial charge in [0.25, 0.3) is 0 Å². The predicted octanol–water partition coefficient (Wildman–Crippen LogP) is 1.48. The van der Waals surface area contributed by atoms with Crippen LogP contribution in [0.15, 0.2) is 30.3 Å². The monoisotopic (exact) mass is 261 g/mol. The molecule has 1 aliphatic heterocycles. The van der Waals surface area contributed by atoms with Crippen molar-refractivity contribution in [2.45, 2.75) is 18.9 Å². The molecule has 0 saturated carbocycles. The van der Waals surface area contributed by atoms with Gasteiger partial charge < -0.3 is 15.1 Å². The first-order valence-electron chi connectivity index (χ1n) is 6.08. The van der Waals surface area contributed by atoms with E-state index in [2.05, 4.69) is 0 Å². The third-order valence-electron chi connectivity index (χ3n) is 3.13. The number of rotatable bonds is 3. The van der Waals surface area contributed by atoms with Crippen molar-refractivity contribution in [3.05, 3.63) is 35.9 Å². The molecule has 5 heteroatoms. The SMILES string of the molecule is O=C(O)[C@@H]1CCCN1C(=O)/C=C/c1ccc(O)cc1. The number of benzene rings is 1. The van der Waals surface area contributed by atoms with Gasteiger partial charge in [0.15, 0.2) is 0 Å². The molecule has 0 bridgehead atoms. The lowest BCUT2D eigenvalue weighted by Crippen LogP contribution is -2.39. The Balaban J connectivity index is 2.04. The highest BCUT2D eigenvalue weighted by Crippen LogP contribution is 2.18. The van der Waals surface area contributed by atoms with Crippen LogP contribution < -0.4 is 0 Å². The summed E-state index contributed by atoms with van der Waals surface area (Å²) in [5, 5.41) is 18.1. The highest BCUT2D eigenvalue weighted by Gasteiger charge is 2.32. The summed E-state index contributed by atoms with van der Waals surface area (Å²) in [6, 6.07) is 5.70. The maximum absolute atomic E-state index is 11.9. The maximum Gasteiger partial charge on any atom is 0.326 e. The van der Waals surface area contributed by atoms with Gasteiger partial charge >= 0.3 is 5.97 Å². The Morgan fingerprint density at radius 2 is 1.95 bits per heavy atom. The van der Waals surface area contributed by atoms with Crippen molar-refractivity contribution >= 4 is 18.0 Å². The molecule has 1 aromatic carbocycles. The second kappa shape index (κ2) is 5.56. The number of aromatic hydroxyl groups is 1. The number of likely N-dealkylation sites (tertiary alicyclic amines) is 1. The van der Waals surface area contributed by atoms with Crippen LogP contribution in [0.3, 0.4) is 0 Å². The van der Waals surface area contributed by atoms with Crippen LogP contribution in [-0.4, -0.2) is 39.6 Å². The van der Waals surface area contributed by atoms with Crippen LogP contribution in [0.2, 0.25) is 0 Å². The molecule has 0 aliphatic carbocycles. The number of hydrogen-bond acceptors (Lipinski definition) is 3. The minimum Gasteiger partial charge on any atom is -0.508 e. The van der Waals surface area contributed by atoms with Crippen LogP contribution in [0.1, 0.15) is 18.4 Å². The number of carbonyl (C=O) groups excluding carboxylic acids is 1. The Hall–Kier alpha value is -2.30. The van der Waals surface area contributed by atoms with E-state index in [0.717, 1.165) is 12.0 Å². The van der Waals surface area contributed by atoms with Crippen LogP contribution in [0.5, 0.6) is 5.75 Å². The molecule has 2 rings (SSSR count). The van der Waals surface area contributed by atoms with Gasteiger partial charge in [-0.05, 0) is 36.6 Å². The Kier molecular flexibility index (Phi) is 3.85. The van der Waals surface area contributed by atoms with Gasteiger partial charge in [-0.15, -0.1) is 0 Å². The molecule has 1 fully saturated rings. The summed E-state index contributed by atoms with van der Waals surface area (Å²) in [5.74, 6) is -1.09. The van der Waals surface area contributed by atoms with E-state index in [1.165, 1.54) is 23.1 Å². The number of amides is 1. The number of aliphatic carboxylic acids is 1. The summed E-state index contributed by atoms with van der Waals surface area (Å²) in [5.41, 5.74) is 0.775. The van der Waals surface area contributed by atoms with Crippen molar-refractivity contribution in [3.8, 4) is 5.75 Å². The lowest BCUT2D eigenvalue weighted by molar-refractivity contribution is -0.146. The first kappa shape index (κ1) is 13.1. The molecule has 1 amide bonds. The zero-order valence-electron chi connectivity index (χ0n) is 10.3. The second-order valence-corrected chi connectivity index (χ2v) is 4.45. The Bertz CT molecular complexity index is 507. The fourth-order valence-electron chi connectivity index (χ4n) is 2.14. The zero-order chi connectivity index (χ0) is 13.8. The van der Waals surface area contributed by atoms with E-state index in [4.69, 9.17) is 10.2 Å².